The second-order valence-corrected chi connectivity index (χ2v) is 5.00. The molecule has 7 nitrogen and oxygen atoms in total. The minimum atomic E-state index is -0.604. The van der Waals surface area contributed by atoms with Crippen LogP contribution in [0.25, 0.3) is 10.9 Å². The SMILES string of the molecule is O=C(Cn1c(=O)[nH]c2ccccc2c1=O)NCc1ccncc1. The molecular weight excluding hydrogens is 296 g/mol. The molecule has 3 aromatic rings. The fraction of sp³-hybridized carbons (Fsp3) is 0.125. The lowest BCUT2D eigenvalue weighted by molar-refractivity contribution is -0.121. The standard InChI is InChI=1S/C16H14N4O3/c21-14(18-9-11-5-7-17-8-6-11)10-20-15(22)12-3-1-2-4-13(12)19-16(20)23/h1-8H,9-10H2,(H,18,21)(H,19,23). The molecule has 2 N–H and O–H groups in total. The first-order valence-corrected chi connectivity index (χ1v) is 7.02. The van der Waals surface area contributed by atoms with E-state index in [9.17, 15) is 14.4 Å². The highest BCUT2D eigenvalue weighted by atomic mass is 16.2. The van der Waals surface area contributed by atoms with E-state index in [2.05, 4.69) is 15.3 Å². The summed E-state index contributed by atoms with van der Waals surface area (Å²) in [6.45, 7) is -0.0221. The molecule has 0 fully saturated rings. The maximum atomic E-state index is 12.3. The van der Waals surface area contributed by atoms with Crippen LogP contribution >= 0.6 is 0 Å². The summed E-state index contributed by atoms with van der Waals surface area (Å²) in [6, 6.07) is 10.2. The Balaban J connectivity index is 1.80. The highest BCUT2D eigenvalue weighted by Crippen LogP contribution is 2.02. The fourth-order valence-corrected chi connectivity index (χ4v) is 2.24. The fourth-order valence-electron chi connectivity index (χ4n) is 2.24. The third kappa shape index (κ3) is 3.18. The van der Waals surface area contributed by atoms with Gasteiger partial charge in [0, 0.05) is 18.9 Å². The number of hydrogen-bond acceptors (Lipinski definition) is 4. The van der Waals surface area contributed by atoms with Crippen LogP contribution < -0.4 is 16.6 Å². The van der Waals surface area contributed by atoms with Gasteiger partial charge in [0.1, 0.15) is 6.54 Å². The van der Waals surface area contributed by atoms with Crippen LogP contribution in [0.15, 0.2) is 58.4 Å². The van der Waals surface area contributed by atoms with E-state index in [0.29, 0.717) is 17.4 Å². The number of fused-ring (bicyclic) bond motifs is 1. The van der Waals surface area contributed by atoms with Crippen molar-refractivity contribution in [2.75, 3.05) is 0 Å². The van der Waals surface area contributed by atoms with Crippen LogP contribution in [0.2, 0.25) is 0 Å². The molecule has 0 unspecified atom stereocenters. The number of pyridine rings is 1. The largest absolute Gasteiger partial charge is 0.350 e. The summed E-state index contributed by atoms with van der Waals surface area (Å²) in [5, 5.41) is 3.04. The number of benzene rings is 1. The predicted octanol–water partition coefficient (Wildman–Crippen LogP) is 0.401. The molecule has 0 radical (unpaired) electrons. The quantitative estimate of drug-likeness (QED) is 0.729. The van der Waals surface area contributed by atoms with E-state index >= 15 is 0 Å². The van der Waals surface area contributed by atoms with Crippen LogP contribution in [0, 0.1) is 0 Å². The molecule has 2 heterocycles. The minimum absolute atomic E-state index is 0.307. The van der Waals surface area contributed by atoms with Crippen molar-refractivity contribution in [3.05, 3.63) is 75.2 Å². The highest BCUT2D eigenvalue weighted by Gasteiger charge is 2.10. The lowest BCUT2D eigenvalue weighted by Gasteiger charge is -2.07. The Hall–Kier alpha value is -3.22. The molecule has 0 aliphatic rings. The van der Waals surface area contributed by atoms with Gasteiger partial charge in [0.05, 0.1) is 10.9 Å². The van der Waals surface area contributed by atoms with Gasteiger partial charge in [-0.15, -0.1) is 0 Å². The molecule has 2 aromatic heterocycles. The number of aromatic nitrogens is 3. The number of carbonyl (C=O) groups excluding carboxylic acids is 1. The molecule has 0 atom stereocenters. The molecule has 23 heavy (non-hydrogen) atoms. The van der Waals surface area contributed by atoms with Gasteiger partial charge in [0.25, 0.3) is 5.56 Å². The second kappa shape index (κ2) is 6.27. The molecule has 0 aliphatic heterocycles. The van der Waals surface area contributed by atoms with E-state index in [-0.39, 0.29) is 6.54 Å². The first-order valence-electron chi connectivity index (χ1n) is 7.02. The summed E-state index contributed by atoms with van der Waals surface area (Å²) in [7, 11) is 0. The summed E-state index contributed by atoms with van der Waals surface area (Å²) in [4.78, 5) is 42.8. The van der Waals surface area contributed by atoms with Gasteiger partial charge in [-0.05, 0) is 29.8 Å². The normalized spacial score (nSPS) is 10.6. The zero-order valence-corrected chi connectivity index (χ0v) is 12.2. The third-order valence-electron chi connectivity index (χ3n) is 3.43. The van der Waals surface area contributed by atoms with E-state index in [1.165, 1.54) is 0 Å². The summed E-state index contributed by atoms with van der Waals surface area (Å²) >= 11 is 0. The Labute approximate surface area is 130 Å². The molecule has 7 heteroatoms. The van der Waals surface area contributed by atoms with E-state index in [0.717, 1.165) is 10.1 Å². The Bertz CT molecular complexity index is 960. The Morgan fingerprint density at radius 2 is 1.87 bits per heavy atom. The molecule has 0 saturated heterocycles. The molecule has 0 bridgehead atoms. The number of para-hydroxylation sites is 1. The van der Waals surface area contributed by atoms with Crippen LogP contribution in [-0.4, -0.2) is 20.4 Å². The van der Waals surface area contributed by atoms with E-state index < -0.39 is 17.2 Å². The van der Waals surface area contributed by atoms with Crippen molar-refractivity contribution in [2.45, 2.75) is 13.1 Å². The number of hydrogen-bond donors (Lipinski definition) is 2. The van der Waals surface area contributed by atoms with Gasteiger partial charge in [0.15, 0.2) is 0 Å². The van der Waals surface area contributed by atoms with Crippen LogP contribution in [0.4, 0.5) is 0 Å². The van der Waals surface area contributed by atoms with Crippen LogP contribution in [0.1, 0.15) is 5.56 Å². The van der Waals surface area contributed by atoms with Gasteiger partial charge in [-0.1, -0.05) is 12.1 Å². The van der Waals surface area contributed by atoms with Gasteiger partial charge < -0.3 is 10.3 Å². The summed E-state index contributed by atoms with van der Waals surface area (Å²) in [6.07, 6.45) is 3.25. The molecule has 116 valence electrons. The van der Waals surface area contributed by atoms with E-state index in [1.54, 1.807) is 48.8 Å². The van der Waals surface area contributed by atoms with Gasteiger partial charge >= 0.3 is 5.69 Å². The third-order valence-corrected chi connectivity index (χ3v) is 3.43. The van der Waals surface area contributed by atoms with Crippen LogP contribution in [-0.2, 0) is 17.9 Å². The topological polar surface area (TPSA) is 96.9 Å². The Kier molecular flexibility index (Phi) is 4.01. The molecule has 3 rings (SSSR count). The number of rotatable bonds is 4. The number of H-pyrrole nitrogens is 1. The van der Waals surface area contributed by atoms with Crippen molar-refractivity contribution < 1.29 is 4.79 Å². The molecule has 0 aliphatic carbocycles. The molecule has 1 aromatic carbocycles. The average molecular weight is 310 g/mol. The van der Waals surface area contributed by atoms with Crippen molar-refractivity contribution in [3.8, 4) is 0 Å². The highest BCUT2D eigenvalue weighted by molar-refractivity contribution is 5.78. The van der Waals surface area contributed by atoms with E-state index in [1.807, 2.05) is 0 Å². The lowest BCUT2D eigenvalue weighted by atomic mass is 10.2. The summed E-state index contributed by atoms with van der Waals surface area (Å²) in [5.74, 6) is -0.412. The monoisotopic (exact) mass is 310 g/mol. The van der Waals surface area contributed by atoms with Crippen molar-refractivity contribution in [2.24, 2.45) is 0 Å². The lowest BCUT2D eigenvalue weighted by Crippen LogP contribution is -2.40. The summed E-state index contributed by atoms with van der Waals surface area (Å²) < 4.78 is 0.893. The number of nitrogens with zero attached hydrogens (tertiary/aromatic N) is 2. The van der Waals surface area contributed by atoms with Gasteiger partial charge in [-0.2, -0.15) is 0 Å². The molecule has 0 saturated carbocycles. The Morgan fingerprint density at radius 3 is 2.65 bits per heavy atom. The molecular formula is C16H14N4O3. The first-order chi connectivity index (χ1) is 11.1. The summed E-state index contributed by atoms with van der Waals surface area (Å²) in [5.41, 5.74) is 0.250. The molecule has 1 amide bonds. The molecule has 0 spiro atoms. The predicted molar refractivity (Wildman–Crippen MR) is 84.9 cm³/mol. The van der Waals surface area contributed by atoms with Crippen molar-refractivity contribution in [1.82, 2.24) is 19.9 Å². The number of carbonyl (C=O) groups is 1. The smallest absolute Gasteiger partial charge is 0.329 e. The maximum absolute atomic E-state index is 12.3. The van der Waals surface area contributed by atoms with Crippen molar-refractivity contribution in [3.63, 3.8) is 0 Å². The zero-order valence-electron chi connectivity index (χ0n) is 12.2. The minimum Gasteiger partial charge on any atom is -0.350 e. The van der Waals surface area contributed by atoms with E-state index in [4.69, 9.17) is 0 Å². The average Bonchev–Trinajstić information content (AvgIpc) is 2.58. The van der Waals surface area contributed by atoms with Gasteiger partial charge in [-0.25, -0.2) is 4.79 Å². The van der Waals surface area contributed by atoms with Gasteiger partial charge in [-0.3, -0.25) is 19.1 Å². The van der Waals surface area contributed by atoms with Crippen LogP contribution in [0.5, 0.6) is 0 Å². The zero-order chi connectivity index (χ0) is 16.2. The second-order valence-electron chi connectivity index (χ2n) is 5.00. The van der Waals surface area contributed by atoms with Crippen molar-refractivity contribution >= 4 is 16.8 Å². The first kappa shape index (κ1) is 14.7. The number of nitrogens with one attached hydrogen (secondary N) is 2. The van der Waals surface area contributed by atoms with Crippen LogP contribution in [0.3, 0.4) is 0 Å². The van der Waals surface area contributed by atoms with Gasteiger partial charge in [0.2, 0.25) is 5.91 Å². The maximum Gasteiger partial charge on any atom is 0.329 e. The van der Waals surface area contributed by atoms with Crippen molar-refractivity contribution in [1.29, 1.82) is 0 Å². The number of aromatic amines is 1. The number of amides is 1. The Morgan fingerprint density at radius 1 is 1.13 bits per heavy atom.